The fraction of sp³-hybridized carbons (Fsp3) is 0.933. The van der Waals surface area contributed by atoms with Gasteiger partial charge >= 0.3 is 0 Å². The molecular weight excluding hydrogens is 224 g/mol. The lowest BCUT2D eigenvalue weighted by Crippen LogP contribution is -2.53. The summed E-state index contributed by atoms with van der Waals surface area (Å²) in [5.74, 6) is 2.04. The zero-order valence-corrected chi connectivity index (χ0v) is 11.9. The number of carbonyl (C=O) groups is 1. The smallest absolute Gasteiger partial charge is 0.225 e. The molecule has 3 heteroatoms. The van der Waals surface area contributed by atoms with Gasteiger partial charge in [0.25, 0.3) is 0 Å². The van der Waals surface area contributed by atoms with Crippen LogP contribution in [-0.4, -0.2) is 29.9 Å². The number of likely N-dealkylation sites (tertiary alicyclic amines) is 1. The first-order valence-corrected chi connectivity index (χ1v) is 7.64. The van der Waals surface area contributed by atoms with Gasteiger partial charge in [0.2, 0.25) is 5.91 Å². The lowest BCUT2D eigenvalue weighted by molar-refractivity contribution is -0.141. The van der Waals surface area contributed by atoms with Crippen LogP contribution in [0.4, 0.5) is 0 Å². The predicted octanol–water partition coefficient (Wildman–Crippen LogP) is 2.40. The number of carbonyl (C=O) groups excluding carboxylic acids is 1. The number of nitrogens with zero attached hydrogens (tertiary/aromatic N) is 1. The molecular formula is C15H28N2O. The highest BCUT2D eigenvalue weighted by atomic mass is 16.2. The van der Waals surface area contributed by atoms with Crippen molar-refractivity contribution >= 4 is 5.91 Å². The summed E-state index contributed by atoms with van der Waals surface area (Å²) in [6, 6.07) is 0.283. The van der Waals surface area contributed by atoms with E-state index in [-0.39, 0.29) is 12.0 Å². The van der Waals surface area contributed by atoms with Crippen LogP contribution < -0.4 is 5.73 Å². The van der Waals surface area contributed by atoms with Crippen molar-refractivity contribution in [2.75, 3.05) is 13.1 Å². The first kappa shape index (κ1) is 13.9. The van der Waals surface area contributed by atoms with E-state index < -0.39 is 0 Å². The summed E-state index contributed by atoms with van der Waals surface area (Å²) in [4.78, 5) is 14.8. The maximum atomic E-state index is 12.6. The van der Waals surface area contributed by atoms with Gasteiger partial charge < -0.3 is 10.6 Å². The van der Waals surface area contributed by atoms with Crippen molar-refractivity contribution in [3.63, 3.8) is 0 Å². The Hall–Kier alpha value is -0.570. The minimum Gasteiger partial charge on any atom is -0.338 e. The number of hydrogen-bond donors (Lipinski definition) is 1. The molecule has 2 unspecified atom stereocenters. The molecule has 2 atom stereocenters. The van der Waals surface area contributed by atoms with Crippen molar-refractivity contribution in [2.45, 2.75) is 58.4 Å². The Bertz CT molecular complexity index is 284. The topological polar surface area (TPSA) is 46.3 Å². The van der Waals surface area contributed by atoms with Gasteiger partial charge in [-0.1, -0.05) is 13.8 Å². The average Bonchev–Trinajstić information content (AvgIpc) is 2.38. The molecule has 0 aromatic heterocycles. The number of hydrogen-bond acceptors (Lipinski definition) is 2. The van der Waals surface area contributed by atoms with Crippen LogP contribution in [0.25, 0.3) is 0 Å². The highest BCUT2D eigenvalue weighted by Gasteiger charge is 2.35. The van der Waals surface area contributed by atoms with Crippen molar-refractivity contribution in [1.29, 1.82) is 0 Å². The SMILES string of the molecule is CC1CCC(C(=O)N2CCCC(C)C2CN)CC1. The van der Waals surface area contributed by atoms with E-state index in [1.807, 2.05) is 0 Å². The molecule has 2 fully saturated rings. The number of amides is 1. The second-order valence-electron chi connectivity index (χ2n) is 6.41. The lowest BCUT2D eigenvalue weighted by atomic mass is 9.81. The molecule has 2 N–H and O–H groups in total. The first-order valence-electron chi connectivity index (χ1n) is 7.64. The van der Waals surface area contributed by atoms with Gasteiger partial charge in [-0.25, -0.2) is 0 Å². The average molecular weight is 252 g/mol. The van der Waals surface area contributed by atoms with Crippen LogP contribution in [0.5, 0.6) is 0 Å². The van der Waals surface area contributed by atoms with E-state index in [1.54, 1.807) is 0 Å². The number of piperidine rings is 1. The van der Waals surface area contributed by atoms with Gasteiger partial charge in [0.15, 0.2) is 0 Å². The molecule has 0 radical (unpaired) electrons. The standard InChI is InChI=1S/C15H28N2O/c1-11-5-7-13(8-6-11)15(18)17-9-3-4-12(2)14(17)10-16/h11-14H,3-10,16H2,1-2H3. The molecule has 0 spiro atoms. The molecule has 3 nitrogen and oxygen atoms in total. The predicted molar refractivity (Wildman–Crippen MR) is 74.1 cm³/mol. The number of nitrogens with two attached hydrogens (primary N) is 1. The summed E-state index contributed by atoms with van der Waals surface area (Å²) in [5.41, 5.74) is 5.88. The van der Waals surface area contributed by atoms with Crippen molar-refractivity contribution < 1.29 is 4.79 Å². The van der Waals surface area contributed by atoms with E-state index >= 15 is 0 Å². The summed E-state index contributed by atoms with van der Waals surface area (Å²) in [6.07, 6.45) is 6.96. The van der Waals surface area contributed by atoms with E-state index in [1.165, 1.54) is 19.3 Å². The van der Waals surface area contributed by atoms with Crippen LogP contribution in [0.2, 0.25) is 0 Å². The summed E-state index contributed by atoms with van der Waals surface area (Å²) in [5, 5.41) is 0. The quantitative estimate of drug-likeness (QED) is 0.820. The van der Waals surface area contributed by atoms with Gasteiger partial charge in [0.05, 0.1) is 0 Å². The van der Waals surface area contributed by atoms with Gasteiger partial charge in [0, 0.05) is 25.0 Å². The van der Waals surface area contributed by atoms with Crippen molar-refractivity contribution in [3.8, 4) is 0 Å². The molecule has 2 aliphatic rings. The Kier molecular flexibility index (Phi) is 4.66. The molecule has 1 aliphatic heterocycles. The molecule has 2 rings (SSSR count). The summed E-state index contributed by atoms with van der Waals surface area (Å²) >= 11 is 0. The van der Waals surface area contributed by atoms with E-state index in [2.05, 4.69) is 18.7 Å². The number of rotatable bonds is 2. The van der Waals surface area contributed by atoms with Crippen LogP contribution in [0, 0.1) is 17.8 Å². The highest BCUT2D eigenvalue weighted by molar-refractivity contribution is 5.79. The summed E-state index contributed by atoms with van der Waals surface area (Å²) in [7, 11) is 0. The lowest BCUT2D eigenvalue weighted by Gasteiger charge is -2.42. The maximum Gasteiger partial charge on any atom is 0.225 e. The largest absolute Gasteiger partial charge is 0.338 e. The monoisotopic (exact) mass is 252 g/mol. The van der Waals surface area contributed by atoms with Crippen molar-refractivity contribution in [3.05, 3.63) is 0 Å². The Labute approximate surface area is 111 Å². The molecule has 1 amide bonds. The van der Waals surface area contributed by atoms with E-state index in [4.69, 9.17) is 5.73 Å². The molecule has 0 bridgehead atoms. The normalized spacial score (nSPS) is 37.6. The van der Waals surface area contributed by atoms with E-state index in [0.717, 1.165) is 31.7 Å². The Morgan fingerprint density at radius 3 is 2.44 bits per heavy atom. The Morgan fingerprint density at radius 2 is 1.83 bits per heavy atom. The van der Waals surface area contributed by atoms with Crippen LogP contribution in [-0.2, 0) is 4.79 Å². The third-order valence-corrected chi connectivity index (χ3v) is 5.01. The van der Waals surface area contributed by atoms with Gasteiger partial charge in [-0.05, 0) is 50.4 Å². The molecule has 1 heterocycles. The van der Waals surface area contributed by atoms with E-state index in [0.29, 0.717) is 18.4 Å². The van der Waals surface area contributed by atoms with E-state index in [9.17, 15) is 4.79 Å². The molecule has 104 valence electrons. The van der Waals surface area contributed by atoms with Gasteiger partial charge in [0.1, 0.15) is 0 Å². The van der Waals surface area contributed by atoms with Crippen molar-refractivity contribution in [2.24, 2.45) is 23.5 Å². The van der Waals surface area contributed by atoms with Gasteiger partial charge in [-0.2, -0.15) is 0 Å². The molecule has 0 aromatic rings. The zero-order chi connectivity index (χ0) is 13.1. The summed E-state index contributed by atoms with van der Waals surface area (Å²) in [6.45, 7) is 6.08. The van der Waals surface area contributed by atoms with Crippen LogP contribution in [0.3, 0.4) is 0 Å². The minimum absolute atomic E-state index is 0.278. The first-order chi connectivity index (χ1) is 8.63. The minimum atomic E-state index is 0.278. The van der Waals surface area contributed by atoms with Crippen molar-refractivity contribution in [1.82, 2.24) is 4.90 Å². The fourth-order valence-corrected chi connectivity index (χ4v) is 3.62. The maximum absolute atomic E-state index is 12.6. The summed E-state index contributed by atoms with van der Waals surface area (Å²) < 4.78 is 0. The Balaban J connectivity index is 1.98. The van der Waals surface area contributed by atoms with Crippen LogP contribution in [0.1, 0.15) is 52.4 Å². The Morgan fingerprint density at radius 1 is 1.17 bits per heavy atom. The van der Waals surface area contributed by atoms with Gasteiger partial charge in [-0.15, -0.1) is 0 Å². The zero-order valence-electron chi connectivity index (χ0n) is 11.9. The third-order valence-electron chi connectivity index (χ3n) is 5.01. The molecule has 1 aliphatic carbocycles. The second kappa shape index (κ2) is 6.05. The van der Waals surface area contributed by atoms with Crippen LogP contribution in [0.15, 0.2) is 0 Å². The highest BCUT2D eigenvalue weighted by Crippen LogP contribution is 2.32. The molecule has 1 saturated heterocycles. The second-order valence-corrected chi connectivity index (χ2v) is 6.41. The molecule has 18 heavy (non-hydrogen) atoms. The molecule has 0 aromatic carbocycles. The molecule has 1 saturated carbocycles. The van der Waals surface area contributed by atoms with Crippen LogP contribution >= 0.6 is 0 Å². The fourth-order valence-electron chi connectivity index (χ4n) is 3.62. The van der Waals surface area contributed by atoms with Gasteiger partial charge in [-0.3, -0.25) is 4.79 Å². The third kappa shape index (κ3) is 2.87.